The molecule has 0 aliphatic carbocycles. The van der Waals surface area contributed by atoms with Gasteiger partial charge in [0.2, 0.25) is 0 Å². The third kappa shape index (κ3) is 5.80. The minimum atomic E-state index is 0.201. The highest BCUT2D eigenvalue weighted by molar-refractivity contribution is 7.98. The zero-order valence-corrected chi connectivity index (χ0v) is 18.3. The van der Waals surface area contributed by atoms with Gasteiger partial charge in [-0.1, -0.05) is 35.0 Å². The van der Waals surface area contributed by atoms with E-state index < -0.39 is 0 Å². The van der Waals surface area contributed by atoms with E-state index in [1.54, 1.807) is 25.4 Å². The molecule has 1 aromatic heterocycles. The van der Waals surface area contributed by atoms with Gasteiger partial charge in [0.1, 0.15) is 11.9 Å². The molecule has 1 aliphatic heterocycles. The molecule has 0 unspecified atom stereocenters. The minimum absolute atomic E-state index is 0.201. The Morgan fingerprint density at radius 1 is 1.25 bits per heavy atom. The summed E-state index contributed by atoms with van der Waals surface area (Å²) in [4.78, 5) is 11.1. The second-order valence-electron chi connectivity index (χ2n) is 6.44. The zero-order valence-electron chi connectivity index (χ0n) is 16.0. The summed E-state index contributed by atoms with van der Waals surface area (Å²) in [7, 11) is 1.63. The summed E-state index contributed by atoms with van der Waals surface area (Å²) >= 11 is 13.5. The number of halogens is 2. The average Bonchev–Trinajstić information content (AvgIpc) is 2.72. The number of aromatic nitrogens is 2. The van der Waals surface area contributed by atoms with Crippen molar-refractivity contribution in [2.24, 2.45) is 0 Å². The van der Waals surface area contributed by atoms with Crippen LogP contribution in [0.3, 0.4) is 0 Å². The molecule has 1 N–H and O–H groups in total. The molecule has 0 spiro atoms. The molecule has 152 valence electrons. The molecule has 0 radical (unpaired) electrons. The molecule has 9 heteroatoms. The van der Waals surface area contributed by atoms with Crippen molar-refractivity contribution in [3.8, 4) is 11.5 Å². The summed E-state index contributed by atoms with van der Waals surface area (Å²) in [5.41, 5.74) is 0. The van der Waals surface area contributed by atoms with Gasteiger partial charge in [-0.05, 0) is 31.2 Å². The molecule has 6 nitrogen and oxygen atoms in total. The summed E-state index contributed by atoms with van der Waals surface area (Å²) in [6.45, 7) is 3.70. The lowest BCUT2D eigenvalue weighted by atomic mass is 10.1. The lowest BCUT2D eigenvalue weighted by Gasteiger charge is -2.32. The Morgan fingerprint density at radius 2 is 2.04 bits per heavy atom. The van der Waals surface area contributed by atoms with Crippen LogP contribution < -0.4 is 14.8 Å². The predicted octanol–water partition coefficient (Wildman–Crippen LogP) is 4.47. The maximum atomic E-state index is 6.06. The number of benzene rings is 1. The highest BCUT2D eigenvalue weighted by atomic mass is 35.5. The largest absolute Gasteiger partial charge is 0.491 e. The van der Waals surface area contributed by atoms with Crippen molar-refractivity contribution in [1.82, 2.24) is 14.9 Å². The van der Waals surface area contributed by atoms with Crippen molar-refractivity contribution in [1.29, 1.82) is 0 Å². The number of methoxy groups -OCH3 is 1. The molecule has 2 aromatic rings. The number of ether oxygens (including phenoxy) is 2. The molecule has 0 amide bonds. The van der Waals surface area contributed by atoms with Gasteiger partial charge in [-0.25, -0.2) is 9.97 Å². The quantitative estimate of drug-likeness (QED) is 0.477. The van der Waals surface area contributed by atoms with Crippen molar-refractivity contribution in [2.75, 3.05) is 44.9 Å². The Balaban J connectivity index is 1.43. The molecule has 1 aliphatic rings. The number of hydrogen-bond acceptors (Lipinski definition) is 7. The predicted molar refractivity (Wildman–Crippen MR) is 115 cm³/mol. The standard InChI is InChI=1S/C19H24Cl2N4O2S/c1-26-17-12-23-19(28-2)24-18(17)22-7-10-25-8-5-13(6-9-25)27-14-3-4-15(20)16(21)11-14/h3-4,11-13H,5-10H2,1-2H3,(H,22,23,24). The number of piperidine rings is 1. The fourth-order valence-electron chi connectivity index (χ4n) is 3.05. The average molecular weight is 443 g/mol. The molecule has 1 saturated heterocycles. The summed E-state index contributed by atoms with van der Waals surface area (Å²) in [6, 6.07) is 5.41. The van der Waals surface area contributed by atoms with E-state index in [4.69, 9.17) is 32.7 Å². The van der Waals surface area contributed by atoms with Gasteiger partial charge >= 0.3 is 0 Å². The van der Waals surface area contributed by atoms with Gasteiger partial charge in [0.25, 0.3) is 0 Å². The molecular weight excluding hydrogens is 419 g/mol. The molecule has 0 saturated carbocycles. The fourth-order valence-corrected chi connectivity index (χ4v) is 3.68. The molecule has 3 rings (SSSR count). The Labute approximate surface area is 179 Å². The summed E-state index contributed by atoms with van der Waals surface area (Å²) in [5, 5.41) is 5.15. The third-order valence-electron chi connectivity index (χ3n) is 4.58. The molecule has 2 heterocycles. The SMILES string of the molecule is COc1cnc(SC)nc1NCCN1CCC(Oc2ccc(Cl)c(Cl)c2)CC1. The Bertz CT molecular complexity index is 789. The second-order valence-corrected chi connectivity index (χ2v) is 8.02. The fraction of sp³-hybridized carbons (Fsp3) is 0.474. The Hall–Kier alpha value is -1.41. The summed E-state index contributed by atoms with van der Waals surface area (Å²) in [6.07, 6.45) is 5.82. The monoisotopic (exact) mass is 442 g/mol. The van der Waals surface area contributed by atoms with Gasteiger partial charge in [-0.3, -0.25) is 0 Å². The van der Waals surface area contributed by atoms with Crippen LogP contribution in [0.15, 0.2) is 29.6 Å². The number of nitrogens with one attached hydrogen (secondary N) is 1. The van der Waals surface area contributed by atoms with Crippen LogP contribution in [-0.2, 0) is 0 Å². The first kappa shape index (κ1) is 21.3. The van der Waals surface area contributed by atoms with Crippen LogP contribution in [0, 0.1) is 0 Å². The van der Waals surface area contributed by atoms with Crippen molar-refractivity contribution in [3.63, 3.8) is 0 Å². The normalized spacial score (nSPS) is 15.4. The summed E-state index contributed by atoms with van der Waals surface area (Å²) in [5.74, 6) is 2.17. The first-order valence-corrected chi connectivity index (χ1v) is 11.1. The number of likely N-dealkylation sites (tertiary alicyclic amines) is 1. The van der Waals surface area contributed by atoms with E-state index >= 15 is 0 Å². The van der Waals surface area contributed by atoms with Gasteiger partial charge in [0.05, 0.1) is 23.4 Å². The Morgan fingerprint density at radius 3 is 2.71 bits per heavy atom. The first-order chi connectivity index (χ1) is 13.6. The van der Waals surface area contributed by atoms with Crippen molar-refractivity contribution >= 4 is 40.8 Å². The van der Waals surface area contributed by atoms with Crippen LogP contribution in [0.25, 0.3) is 0 Å². The number of rotatable bonds is 8. The molecular formula is C19H24Cl2N4O2S. The molecule has 28 heavy (non-hydrogen) atoms. The molecule has 0 atom stereocenters. The van der Waals surface area contributed by atoms with Gasteiger partial charge in [-0.2, -0.15) is 0 Å². The van der Waals surface area contributed by atoms with E-state index in [0.29, 0.717) is 15.8 Å². The second kappa shape index (κ2) is 10.4. The zero-order chi connectivity index (χ0) is 19.9. The van der Waals surface area contributed by atoms with E-state index in [9.17, 15) is 0 Å². The topological polar surface area (TPSA) is 59.5 Å². The molecule has 1 aromatic carbocycles. The van der Waals surface area contributed by atoms with E-state index in [2.05, 4.69) is 20.2 Å². The number of hydrogen-bond donors (Lipinski definition) is 1. The lowest BCUT2D eigenvalue weighted by molar-refractivity contribution is 0.103. The van der Waals surface area contributed by atoms with Crippen LogP contribution in [-0.4, -0.2) is 60.5 Å². The highest BCUT2D eigenvalue weighted by Gasteiger charge is 2.20. The van der Waals surface area contributed by atoms with Crippen molar-refractivity contribution in [3.05, 3.63) is 34.4 Å². The molecule has 0 bridgehead atoms. The van der Waals surface area contributed by atoms with E-state index in [0.717, 1.165) is 55.7 Å². The van der Waals surface area contributed by atoms with Gasteiger partial charge < -0.3 is 19.7 Å². The maximum Gasteiger partial charge on any atom is 0.189 e. The van der Waals surface area contributed by atoms with E-state index in [1.807, 2.05) is 12.3 Å². The van der Waals surface area contributed by atoms with Crippen LogP contribution in [0.4, 0.5) is 5.82 Å². The minimum Gasteiger partial charge on any atom is -0.491 e. The third-order valence-corrected chi connectivity index (χ3v) is 5.89. The van der Waals surface area contributed by atoms with Crippen LogP contribution in [0.1, 0.15) is 12.8 Å². The van der Waals surface area contributed by atoms with Crippen LogP contribution >= 0.6 is 35.0 Å². The van der Waals surface area contributed by atoms with Crippen LogP contribution in [0.2, 0.25) is 10.0 Å². The highest BCUT2D eigenvalue weighted by Crippen LogP contribution is 2.28. The first-order valence-electron chi connectivity index (χ1n) is 9.12. The maximum absolute atomic E-state index is 6.06. The van der Waals surface area contributed by atoms with Gasteiger partial charge in [0, 0.05) is 32.2 Å². The van der Waals surface area contributed by atoms with Gasteiger partial charge in [-0.15, -0.1) is 0 Å². The van der Waals surface area contributed by atoms with Gasteiger partial charge in [0.15, 0.2) is 16.7 Å². The summed E-state index contributed by atoms with van der Waals surface area (Å²) < 4.78 is 11.4. The van der Waals surface area contributed by atoms with Crippen LogP contribution in [0.5, 0.6) is 11.5 Å². The molecule has 1 fully saturated rings. The Kier molecular flexibility index (Phi) is 7.91. The van der Waals surface area contributed by atoms with Crippen molar-refractivity contribution in [2.45, 2.75) is 24.1 Å². The number of anilines is 1. The van der Waals surface area contributed by atoms with Crippen molar-refractivity contribution < 1.29 is 9.47 Å². The lowest BCUT2D eigenvalue weighted by Crippen LogP contribution is -2.40. The smallest absolute Gasteiger partial charge is 0.189 e. The van der Waals surface area contributed by atoms with E-state index in [-0.39, 0.29) is 6.10 Å². The number of thioether (sulfide) groups is 1. The van der Waals surface area contributed by atoms with E-state index in [1.165, 1.54) is 11.8 Å². The number of nitrogens with zero attached hydrogens (tertiary/aromatic N) is 3.